The summed E-state index contributed by atoms with van der Waals surface area (Å²) in [7, 11) is 0. The summed E-state index contributed by atoms with van der Waals surface area (Å²) in [6.45, 7) is 1.96. The van der Waals surface area contributed by atoms with E-state index in [0.29, 0.717) is 5.92 Å². The van der Waals surface area contributed by atoms with Gasteiger partial charge in [0.1, 0.15) is 0 Å². The van der Waals surface area contributed by atoms with Gasteiger partial charge in [-0.1, -0.05) is 6.07 Å². The molecule has 17 heavy (non-hydrogen) atoms. The molecule has 1 atom stereocenters. The number of hydrogen-bond donors (Lipinski definition) is 1. The minimum absolute atomic E-state index is 0.0349. The molecule has 1 saturated carbocycles. The summed E-state index contributed by atoms with van der Waals surface area (Å²) in [6, 6.07) is 5.96. The largest absolute Gasteiger partial charge is 0.324 e. The summed E-state index contributed by atoms with van der Waals surface area (Å²) in [5.74, 6) is 1.51. The van der Waals surface area contributed by atoms with Crippen molar-refractivity contribution in [2.75, 3.05) is 0 Å². The van der Waals surface area contributed by atoms with Gasteiger partial charge in [0.05, 0.1) is 5.69 Å². The van der Waals surface area contributed by atoms with E-state index in [1.165, 1.54) is 18.5 Å². The second kappa shape index (κ2) is 3.96. The van der Waals surface area contributed by atoms with Gasteiger partial charge in [0.25, 0.3) is 0 Å². The van der Waals surface area contributed by atoms with Crippen molar-refractivity contribution >= 4 is 0 Å². The van der Waals surface area contributed by atoms with Gasteiger partial charge in [0.15, 0.2) is 5.82 Å². The van der Waals surface area contributed by atoms with Crippen molar-refractivity contribution in [2.24, 2.45) is 5.73 Å². The first kappa shape index (κ1) is 10.5. The first-order chi connectivity index (χ1) is 8.25. The molecule has 2 aromatic rings. The van der Waals surface area contributed by atoms with Crippen molar-refractivity contribution in [1.82, 2.24) is 14.8 Å². The molecule has 4 nitrogen and oxygen atoms in total. The molecule has 0 unspecified atom stereocenters. The van der Waals surface area contributed by atoms with Crippen LogP contribution in [0.5, 0.6) is 0 Å². The van der Waals surface area contributed by atoms with Gasteiger partial charge in [0, 0.05) is 29.9 Å². The Hall–Kier alpha value is -1.68. The van der Waals surface area contributed by atoms with E-state index in [9.17, 15) is 0 Å². The molecule has 2 N–H and O–H groups in total. The zero-order valence-corrected chi connectivity index (χ0v) is 9.87. The summed E-state index contributed by atoms with van der Waals surface area (Å²) in [5, 5.41) is 4.58. The van der Waals surface area contributed by atoms with Crippen LogP contribution in [0.15, 0.2) is 30.6 Å². The minimum atomic E-state index is -0.0349. The molecule has 0 spiro atoms. The zero-order chi connectivity index (χ0) is 11.8. The fraction of sp³-hybridized carbons (Fsp3) is 0.385. The van der Waals surface area contributed by atoms with Gasteiger partial charge in [-0.15, -0.1) is 0 Å². The maximum Gasteiger partial charge on any atom is 0.158 e. The third-order valence-electron chi connectivity index (χ3n) is 3.13. The van der Waals surface area contributed by atoms with Gasteiger partial charge in [-0.2, -0.15) is 5.10 Å². The van der Waals surface area contributed by atoms with Gasteiger partial charge >= 0.3 is 0 Å². The molecule has 0 aliphatic heterocycles. The van der Waals surface area contributed by atoms with Crippen molar-refractivity contribution in [3.63, 3.8) is 0 Å². The van der Waals surface area contributed by atoms with Crippen LogP contribution >= 0.6 is 0 Å². The van der Waals surface area contributed by atoms with Gasteiger partial charge in [-0.05, 0) is 31.9 Å². The molecular weight excluding hydrogens is 212 g/mol. The van der Waals surface area contributed by atoms with Crippen molar-refractivity contribution in [3.8, 4) is 5.82 Å². The maximum atomic E-state index is 5.95. The van der Waals surface area contributed by atoms with Gasteiger partial charge < -0.3 is 5.73 Å². The molecule has 0 aromatic carbocycles. The van der Waals surface area contributed by atoms with E-state index < -0.39 is 0 Å². The lowest BCUT2D eigenvalue weighted by Crippen LogP contribution is -2.11. The molecule has 1 fully saturated rings. The van der Waals surface area contributed by atoms with E-state index in [4.69, 9.17) is 5.73 Å². The number of nitrogens with two attached hydrogens (primary N) is 1. The summed E-state index contributed by atoms with van der Waals surface area (Å²) in [6.07, 6.45) is 6.28. The Morgan fingerprint density at radius 1 is 1.41 bits per heavy atom. The van der Waals surface area contributed by atoms with Crippen LogP contribution in [0.2, 0.25) is 0 Å². The van der Waals surface area contributed by atoms with Crippen molar-refractivity contribution in [2.45, 2.75) is 31.7 Å². The van der Waals surface area contributed by atoms with Crippen molar-refractivity contribution < 1.29 is 0 Å². The lowest BCUT2D eigenvalue weighted by Gasteiger charge is -2.10. The quantitative estimate of drug-likeness (QED) is 0.875. The van der Waals surface area contributed by atoms with Gasteiger partial charge in [-0.25, -0.2) is 9.67 Å². The van der Waals surface area contributed by atoms with Crippen LogP contribution in [0.4, 0.5) is 0 Å². The predicted octanol–water partition coefficient (Wildman–Crippen LogP) is 2.16. The molecule has 0 amide bonds. The molecule has 1 aliphatic rings. The zero-order valence-electron chi connectivity index (χ0n) is 9.87. The van der Waals surface area contributed by atoms with Crippen LogP contribution < -0.4 is 5.73 Å². The van der Waals surface area contributed by atoms with Gasteiger partial charge in [0.2, 0.25) is 0 Å². The first-order valence-corrected chi connectivity index (χ1v) is 6.02. The van der Waals surface area contributed by atoms with Crippen LogP contribution in [0.25, 0.3) is 5.82 Å². The molecule has 3 rings (SSSR count). The topological polar surface area (TPSA) is 56.7 Å². The van der Waals surface area contributed by atoms with E-state index in [1.54, 1.807) is 6.20 Å². The highest BCUT2D eigenvalue weighted by molar-refractivity contribution is 5.35. The van der Waals surface area contributed by atoms with Gasteiger partial charge in [-0.3, -0.25) is 0 Å². The minimum Gasteiger partial charge on any atom is -0.324 e. The van der Waals surface area contributed by atoms with E-state index in [0.717, 1.165) is 11.4 Å². The molecule has 4 heteroatoms. The molecule has 0 bridgehead atoms. The van der Waals surface area contributed by atoms with Crippen molar-refractivity contribution in [1.29, 1.82) is 0 Å². The Bertz CT molecular complexity index is 526. The molecule has 0 radical (unpaired) electrons. The Balaban J connectivity index is 2.01. The lowest BCUT2D eigenvalue weighted by molar-refractivity contribution is 0.751. The summed E-state index contributed by atoms with van der Waals surface area (Å²) in [5.41, 5.74) is 8.15. The van der Waals surface area contributed by atoms with Crippen LogP contribution in [0.3, 0.4) is 0 Å². The molecule has 88 valence electrons. The second-order valence-corrected chi connectivity index (χ2v) is 4.66. The number of hydrogen-bond acceptors (Lipinski definition) is 3. The lowest BCUT2D eigenvalue weighted by atomic mass is 10.1. The monoisotopic (exact) mass is 228 g/mol. The SMILES string of the molecule is C[C@H](N)c1cccnc1-n1ccc(C2CC2)n1. The van der Waals surface area contributed by atoms with Crippen LogP contribution in [-0.4, -0.2) is 14.8 Å². The molecule has 2 aromatic heterocycles. The fourth-order valence-electron chi connectivity index (χ4n) is 2.01. The Labute approximate surface area is 100 Å². The van der Waals surface area contributed by atoms with E-state index >= 15 is 0 Å². The van der Waals surface area contributed by atoms with E-state index in [-0.39, 0.29) is 6.04 Å². The third-order valence-corrected chi connectivity index (χ3v) is 3.13. The fourth-order valence-corrected chi connectivity index (χ4v) is 2.01. The highest BCUT2D eigenvalue weighted by atomic mass is 15.3. The Morgan fingerprint density at radius 2 is 2.24 bits per heavy atom. The van der Waals surface area contributed by atoms with E-state index in [2.05, 4.69) is 16.1 Å². The third kappa shape index (κ3) is 1.96. The summed E-state index contributed by atoms with van der Waals surface area (Å²) >= 11 is 0. The normalized spacial score (nSPS) is 17.1. The molecule has 0 saturated heterocycles. The smallest absolute Gasteiger partial charge is 0.158 e. The molecule has 2 heterocycles. The number of pyridine rings is 1. The standard InChI is InChI=1S/C13H16N4/c1-9(14)11-3-2-7-15-13(11)17-8-6-12(16-17)10-4-5-10/h2-3,6-10H,4-5,14H2,1H3/t9-/m0/s1. The summed E-state index contributed by atoms with van der Waals surface area (Å²) < 4.78 is 1.84. The average Bonchev–Trinajstić information content (AvgIpc) is 3.07. The number of aromatic nitrogens is 3. The maximum absolute atomic E-state index is 5.95. The van der Waals surface area contributed by atoms with E-state index in [1.807, 2.05) is 29.9 Å². The Morgan fingerprint density at radius 3 is 2.94 bits per heavy atom. The number of rotatable bonds is 3. The second-order valence-electron chi connectivity index (χ2n) is 4.66. The highest BCUT2D eigenvalue weighted by Gasteiger charge is 2.26. The Kier molecular flexibility index (Phi) is 2.44. The van der Waals surface area contributed by atoms with Crippen molar-refractivity contribution in [3.05, 3.63) is 41.9 Å². The van der Waals surface area contributed by atoms with Crippen LogP contribution in [0, 0.1) is 0 Å². The molecular formula is C13H16N4. The van der Waals surface area contributed by atoms with Crippen LogP contribution in [0.1, 0.15) is 43.0 Å². The predicted molar refractivity (Wildman–Crippen MR) is 65.9 cm³/mol. The first-order valence-electron chi connectivity index (χ1n) is 6.02. The summed E-state index contributed by atoms with van der Waals surface area (Å²) in [4.78, 5) is 4.38. The molecule has 1 aliphatic carbocycles. The number of nitrogens with zero attached hydrogens (tertiary/aromatic N) is 3. The highest BCUT2D eigenvalue weighted by Crippen LogP contribution is 2.39. The average molecular weight is 228 g/mol. The van der Waals surface area contributed by atoms with Crippen LogP contribution in [-0.2, 0) is 0 Å².